The van der Waals surface area contributed by atoms with Gasteiger partial charge in [0, 0.05) is 16.1 Å². The summed E-state index contributed by atoms with van der Waals surface area (Å²) in [5, 5.41) is 0.686. The van der Waals surface area contributed by atoms with E-state index in [2.05, 4.69) is 5.43 Å². The molecule has 3 N–H and O–H groups in total. The number of hydrazine groups is 1. The molecule has 0 bridgehead atoms. The molecule has 1 aromatic rings. The third-order valence-electron chi connectivity index (χ3n) is 3.74. The Bertz CT molecular complexity index is 578. The molecule has 1 heterocycles. The maximum atomic E-state index is 12.2. The quantitative estimate of drug-likeness (QED) is 0.653. The Hall–Kier alpha value is -0.330. The minimum Gasteiger partial charge on any atom is -0.271 e. The van der Waals surface area contributed by atoms with Crippen molar-refractivity contribution in [2.24, 2.45) is 5.84 Å². The summed E-state index contributed by atoms with van der Waals surface area (Å²) in [4.78, 5) is 0. The van der Waals surface area contributed by atoms with Gasteiger partial charge in [-0.05, 0) is 43.0 Å². The first-order chi connectivity index (χ1) is 9.44. The van der Waals surface area contributed by atoms with Crippen molar-refractivity contribution in [3.05, 3.63) is 33.8 Å². The van der Waals surface area contributed by atoms with Gasteiger partial charge in [0.05, 0.1) is 11.0 Å². The molecule has 0 saturated carbocycles. The topological polar surface area (TPSA) is 72.2 Å². The monoisotopic (exact) mass is 336 g/mol. The van der Waals surface area contributed by atoms with Gasteiger partial charge < -0.3 is 0 Å². The molecule has 112 valence electrons. The zero-order chi connectivity index (χ0) is 14.8. The van der Waals surface area contributed by atoms with Crippen molar-refractivity contribution in [3.63, 3.8) is 0 Å². The van der Waals surface area contributed by atoms with Gasteiger partial charge in [0.1, 0.15) is 0 Å². The number of nitrogens with two attached hydrogens (primary N) is 1. The molecule has 0 aromatic heterocycles. The van der Waals surface area contributed by atoms with E-state index >= 15 is 0 Å². The zero-order valence-electron chi connectivity index (χ0n) is 11.0. The molecule has 0 amide bonds. The first-order valence-electron chi connectivity index (χ1n) is 6.55. The molecule has 1 fully saturated rings. The van der Waals surface area contributed by atoms with E-state index < -0.39 is 15.1 Å². The predicted molar refractivity (Wildman–Crippen MR) is 82.7 cm³/mol. The van der Waals surface area contributed by atoms with E-state index in [0.29, 0.717) is 22.9 Å². The fourth-order valence-corrected chi connectivity index (χ4v) is 5.17. The van der Waals surface area contributed by atoms with Gasteiger partial charge in [-0.2, -0.15) is 0 Å². The number of rotatable bonds is 4. The van der Waals surface area contributed by atoms with Crippen LogP contribution >= 0.6 is 23.2 Å². The molecule has 2 rings (SSSR count). The summed E-state index contributed by atoms with van der Waals surface area (Å²) >= 11 is 12.1. The molecule has 1 saturated heterocycles. The van der Waals surface area contributed by atoms with Gasteiger partial charge in [-0.15, -0.1) is 0 Å². The molecule has 0 radical (unpaired) electrons. The molecular formula is C13H18Cl2N2O2S. The highest BCUT2D eigenvalue weighted by Crippen LogP contribution is 2.27. The Morgan fingerprint density at radius 2 is 2.10 bits per heavy atom. The van der Waals surface area contributed by atoms with Crippen LogP contribution in [0.4, 0.5) is 0 Å². The maximum Gasteiger partial charge on any atom is 0.154 e. The van der Waals surface area contributed by atoms with Crippen LogP contribution in [-0.2, 0) is 16.3 Å². The van der Waals surface area contributed by atoms with Crippen LogP contribution in [0.25, 0.3) is 0 Å². The van der Waals surface area contributed by atoms with E-state index in [1.165, 1.54) is 0 Å². The SMILES string of the molecule is NNC(Cc1cc(Cl)ccc1Cl)C1CCCCS1(=O)=O. The standard InChI is InChI=1S/C13H18Cl2N2O2S/c14-10-4-5-11(15)9(7-10)8-12(17-16)13-3-1-2-6-20(13,18)19/h4-5,7,12-13,17H,1-3,6,8,16H2. The number of benzene rings is 1. The molecule has 1 aliphatic heterocycles. The van der Waals surface area contributed by atoms with Gasteiger partial charge in [-0.25, -0.2) is 8.42 Å². The van der Waals surface area contributed by atoms with E-state index in [9.17, 15) is 8.42 Å². The molecule has 2 unspecified atom stereocenters. The third-order valence-corrected chi connectivity index (χ3v) is 6.69. The fraction of sp³-hybridized carbons (Fsp3) is 0.538. The molecule has 2 atom stereocenters. The summed E-state index contributed by atoms with van der Waals surface area (Å²) in [7, 11) is -3.10. The van der Waals surface area contributed by atoms with Gasteiger partial charge in [0.15, 0.2) is 9.84 Å². The fourth-order valence-electron chi connectivity index (χ4n) is 2.67. The van der Waals surface area contributed by atoms with Crippen molar-refractivity contribution in [2.75, 3.05) is 5.75 Å². The lowest BCUT2D eigenvalue weighted by Gasteiger charge is -2.29. The lowest BCUT2D eigenvalue weighted by molar-refractivity contribution is 0.440. The van der Waals surface area contributed by atoms with Crippen LogP contribution in [0, 0.1) is 0 Å². The van der Waals surface area contributed by atoms with Crippen molar-refractivity contribution < 1.29 is 8.42 Å². The maximum absolute atomic E-state index is 12.2. The molecular weight excluding hydrogens is 319 g/mol. The van der Waals surface area contributed by atoms with Crippen LogP contribution in [-0.4, -0.2) is 25.5 Å². The second-order valence-corrected chi connectivity index (χ2v) is 8.30. The first-order valence-corrected chi connectivity index (χ1v) is 9.03. The van der Waals surface area contributed by atoms with E-state index in [-0.39, 0.29) is 11.8 Å². The smallest absolute Gasteiger partial charge is 0.154 e. The number of nitrogens with one attached hydrogen (secondary N) is 1. The number of sulfone groups is 1. The molecule has 0 aliphatic carbocycles. The van der Waals surface area contributed by atoms with Crippen molar-refractivity contribution >= 4 is 33.0 Å². The highest BCUT2D eigenvalue weighted by atomic mass is 35.5. The van der Waals surface area contributed by atoms with E-state index in [0.717, 1.165) is 18.4 Å². The van der Waals surface area contributed by atoms with Gasteiger partial charge in [-0.1, -0.05) is 29.6 Å². The minimum absolute atomic E-state index is 0.235. The Morgan fingerprint density at radius 3 is 2.75 bits per heavy atom. The highest BCUT2D eigenvalue weighted by molar-refractivity contribution is 7.92. The summed E-state index contributed by atoms with van der Waals surface area (Å²) in [5.41, 5.74) is 3.45. The van der Waals surface area contributed by atoms with Gasteiger partial charge in [0.2, 0.25) is 0 Å². The van der Waals surface area contributed by atoms with Crippen molar-refractivity contribution in [2.45, 2.75) is 37.0 Å². The van der Waals surface area contributed by atoms with Crippen LogP contribution in [0.3, 0.4) is 0 Å². The Kier molecular flexibility index (Phi) is 5.31. The third kappa shape index (κ3) is 3.65. The van der Waals surface area contributed by atoms with Gasteiger partial charge in [-0.3, -0.25) is 11.3 Å². The Morgan fingerprint density at radius 1 is 1.35 bits per heavy atom. The van der Waals surface area contributed by atoms with Crippen molar-refractivity contribution in [1.82, 2.24) is 5.43 Å². The number of halogens is 2. The lowest BCUT2D eigenvalue weighted by atomic mass is 10.00. The van der Waals surface area contributed by atoms with Crippen LogP contribution in [0.15, 0.2) is 18.2 Å². The van der Waals surface area contributed by atoms with Crippen LogP contribution < -0.4 is 11.3 Å². The lowest BCUT2D eigenvalue weighted by Crippen LogP contribution is -2.50. The molecule has 4 nitrogen and oxygen atoms in total. The first kappa shape index (κ1) is 16.0. The normalized spacial score (nSPS) is 23.4. The second-order valence-electron chi connectivity index (χ2n) is 5.11. The van der Waals surface area contributed by atoms with Crippen LogP contribution in [0.5, 0.6) is 0 Å². The number of hydrogen-bond donors (Lipinski definition) is 2. The van der Waals surface area contributed by atoms with Crippen molar-refractivity contribution in [3.8, 4) is 0 Å². The molecule has 1 aromatic carbocycles. The summed E-state index contributed by atoms with van der Waals surface area (Å²) in [6.45, 7) is 0. The van der Waals surface area contributed by atoms with Crippen LogP contribution in [0.1, 0.15) is 24.8 Å². The summed E-state index contributed by atoms with van der Waals surface area (Å²) in [6.07, 6.45) is 2.72. The summed E-state index contributed by atoms with van der Waals surface area (Å²) in [6, 6.07) is 4.82. The van der Waals surface area contributed by atoms with E-state index in [4.69, 9.17) is 29.0 Å². The van der Waals surface area contributed by atoms with E-state index in [1.807, 2.05) is 0 Å². The average Bonchev–Trinajstić information content (AvgIpc) is 2.40. The predicted octanol–water partition coefficient (Wildman–Crippen LogP) is 2.34. The van der Waals surface area contributed by atoms with Crippen LogP contribution in [0.2, 0.25) is 10.0 Å². The van der Waals surface area contributed by atoms with Gasteiger partial charge >= 0.3 is 0 Å². The van der Waals surface area contributed by atoms with Gasteiger partial charge in [0.25, 0.3) is 0 Å². The molecule has 0 spiro atoms. The van der Waals surface area contributed by atoms with E-state index in [1.54, 1.807) is 18.2 Å². The molecule has 1 aliphatic rings. The average molecular weight is 337 g/mol. The molecule has 20 heavy (non-hydrogen) atoms. The zero-order valence-corrected chi connectivity index (χ0v) is 13.3. The summed E-state index contributed by atoms with van der Waals surface area (Å²) in [5.74, 6) is 5.81. The van der Waals surface area contributed by atoms with Crippen molar-refractivity contribution in [1.29, 1.82) is 0 Å². The highest BCUT2D eigenvalue weighted by Gasteiger charge is 2.35. The minimum atomic E-state index is -3.10. The largest absolute Gasteiger partial charge is 0.271 e. The Labute approximate surface area is 129 Å². The molecule has 7 heteroatoms. The second kappa shape index (κ2) is 6.62. The summed E-state index contributed by atoms with van der Waals surface area (Å²) < 4.78 is 24.3. The number of hydrogen-bond acceptors (Lipinski definition) is 4. The Balaban J connectivity index is 2.22.